The van der Waals surface area contributed by atoms with E-state index < -0.39 is 0 Å². The largest absolute Gasteiger partial charge is 0.0616 e. The summed E-state index contributed by atoms with van der Waals surface area (Å²) in [6.07, 6.45) is 0. The van der Waals surface area contributed by atoms with Crippen molar-refractivity contribution in [1.29, 1.82) is 0 Å². The van der Waals surface area contributed by atoms with Crippen LogP contribution in [0.2, 0.25) is 0 Å². The summed E-state index contributed by atoms with van der Waals surface area (Å²) in [5, 5.41) is 5.12. The van der Waals surface area contributed by atoms with Crippen LogP contribution in [0, 0.1) is 0 Å². The van der Waals surface area contributed by atoms with Crippen LogP contribution in [0.4, 0.5) is 0 Å². The van der Waals surface area contributed by atoms with Gasteiger partial charge in [-0.05, 0) is 62.0 Å². The standard InChI is InChI=1S/C26H18/c1-3-8-21-16-25(14-12-19(21)6-1)23-10-5-11-24(18-23)26-15-13-20-7-2-4-9-22(20)17-26/h1-18H. The first-order chi connectivity index (χ1) is 12.9. The molecule has 26 heavy (non-hydrogen) atoms. The third-order valence-corrected chi connectivity index (χ3v) is 5.03. The molecule has 0 spiro atoms. The summed E-state index contributed by atoms with van der Waals surface area (Å²) in [5.41, 5.74) is 5.01. The quantitative estimate of drug-likeness (QED) is 0.318. The first-order valence-electron chi connectivity index (χ1n) is 8.95. The molecule has 0 aliphatic heterocycles. The van der Waals surface area contributed by atoms with Gasteiger partial charge in [-0.1, -0.05) is 91.0 Å². The maximum Gasteiger partial charge on any atom is -0.0177 e. The lowest BCUT2D eigenvalue weighted by Crippen LogP contribution is -1.83. The molecule has 0 heteroatoms. The highest BCUT2D eigenvalue weighted by Gasteiger charge is 2.04. The third kappa shape index (κ3) is 2.66. The summed E-state index contributed by atoms with van der Waals surface area (Å²) in [5.74, 6) is 0. The van der Waals surface area contributed by atoms with Crippen LogP contribution < -0.4 is 0 Å². The molecule has 122 valence electrons. The maximum atomic E-state index is 2.29. The minimum Gasteiger partial charge on any atom is -0.0616 e. The van der Waals surface area contributed by atoms with Crippen molar-refractivity contribution in [2.24, 2.45) is 0 Å². The number of hydrogen-bond donors (Lipinski definition) is 0. The molecule has 0 fully saturated rings. The Balaban J connectivity index is 1.60. The summed E-state index contributed by atoms with van der Waals surface area (Å²) < 4.78 is 0. The van der Waals surface area contributed by atoms with Gasteiger partial charge in [-0.25, -0.2) is 0 Å². The average molecular weight is 330 g/mol. The van der Waals surface area contributed by atoms with E-state index in [-0.39, 0.29) is 0 Å². The average Bonchev–Trinajstić information content (AvgIpc) is 2.73. The van der Waals surface area contributed by atoms with Crippen LogP contribution in [0.25, 0.3) is 43.8 Å². The van der Waals surface area contributed by atoms with Crippen molar-refractivity contribution < 1.29 is 0 Å². The molecule has 0 atom stereocenters. The SMILES string of the molecule is c1cc(-c2ccc3ccccc3c2)cc(-c2ccc3ccccc3c2)c1. The second-order valence-electron chi connectivity index (χ2n) is 6.70. The zero-order chi connectivity index (χ0) is 17.3. The summed E-state index contributed by atoms with van der Waals surface area (Å²) in [6, 6.07) is 39.2. The van der Waals surface area contributed by atoms with Gasteiger partial charge in [0, 0.05) is 0 Å². The number of benzene rings is 5. The van der Waals surface area contributed by atoms with Gasteiger partial charge in [0.15, 0.2) is 0 Å². The predicted octanol–water partition coefficient (Wildman–Crippen LogP) is 7.33. The van der Waals surface area contributed by atoms with E-state index in [0.717, 1.165) is 0 Å². The van der Waals surface area contributed by atoms with Gasteiger partial charge in [-0.15, -0.1) is 0 Å². The highest BCUT2D eigenvalue weighted by molar-refractivity contribution is 5.90. The van der Waals surface area contributed by atoms with E-state index in [0.29, 0.717) is 0 Å². The Morgan fingerprint density at radius 2 is 0.692 bits per heavy atom. The van der Waals surface area contributed by atoms with Crippen molar-refractivity contribution in [2.75, 3.05) is 0 Å². The molecule has 0 saturated heterocycles. The van der Waals surface area contributed by atoms with Crippen molar-refractivity contribution in [2.45, 2.75) is 0 Å². The Kier molecular flexibility index (Phi) is 3.54. The lowest BCUT2D eigenvalue weighted by molar-refractivity contribution is 1.61. The molecule has 5 aromatic carbocycles. The summed E-state index contributed by atoms with van der Waals surface area (Å²) in [6.45, 7) is 0. The Bertz CT molecular complexity index is 1140. The third-order valence-electron chi connectivity index (χ3n) is 5.03. The molecular formula is C26H18. The minimum atomic E-state index is 1.25. The Morgan fingerprint density at radius 1 is 0.269 bits per heavy atom. The first kappa shape index (κ1) is 14.9. The Morgan fingerprint density at radius 3 is 1.19 bits per heavy atom. The fraction of sp³-hybridized carbons (Fsp3) is 0. The van der Waals surface area contributed by atoms with Crippen LogP contribution in [0.15, 0.2) is 109 Å². The van der Waals surface area contributed by atoms with Gasteiger partial charge in [0.25, 0.3) is 0 Å². The lowest BCUT2D eigenvalue weighted by atomic mass is 9.96. The monoisotopic (exact) mass is 330 g/mol. The van der Waals surface area contributed by atoms with Crippen molar-refractivity contribution in [3.63, 3.8) is 0 Å². The molecule has 0 nitrogen and oxygen atoms in total. The molecule has 0 aliphatic rings. The Hall–Kier alpha value is -3.38. The molecular weight excluding hydrogens is 312 g/mol. The van der Waals surface area contributed by atoms with E-state index in [1.165, 1.54) is 43.8 Å². The normalized spacial score (nSPS) is 11.1. The smallest absolute Gasteiger partial charge is 0.0177 e. The van der Waals surface area contributed by atoms with E-state index in [4.69, 9.17) is 0 Å². The van der Waals surface area contributed by atoms with Crippen molar-refractivity contribution in [3.05, 3.63) is 109 Å². The minimum absolute atomic E-state index is 1.25. The highest BCUT2D eigenvalue weighted by Crippen LogP contribution is 2.30. The first-order valence-corrected chi connectivity index (χ1v) is 8.95. The van der Waals surface area contributed by atoms with Gasteiger partial charge < -0.3 is 0 Å². The number of hydrogen-bond acceptors (Lipinski definition) is 0. The topological polar surface area (TPSA) is 0 Å². The second kappa shape index (κ2) is 6.16. The van der Waals surface area contributed by atoms with Gasteiger partial charge in [0.1, 0.15) is 0 Å². The summed E-state index contributed by atoms with van der Waals surface area (Å²) in [4.78, 5) is 0. The molecule has 0 heterocycles. The maximum absolute atomic E-state index is 2.29. The van der Waals surface area contributed by atoms with E-state index in [2.05, 4.69) is 109 Å². The van der Waals surface area contributed by atoms with Gasteiger partial charge in [-0.2, -0.15) is 0 Å². The van der Waals surface area contributed by atoms with Crippen LogP contribution in [-0.2, 0) is 0 Å². The Labute approximate surface area is 153 Å². The van der Waals surface area contributed by atoms with Crippen molar-refractivity contribution >= 4 is 21.5 Å². The fourth-order valence-electron chi connectivity index (χ4n) is 3.62. The zero-order valence-corrected chi connectivity index (χ0v) is 14.4. The zero-order valence-electron chi connectivity index (χ0n) is 14.4. The molecule has 0 aliphatic carbocycles. The van der Waals surface area contributed by atoms with E-state index in [1.807, 2.05) is 0 Å². The molecule has 0 unspecified atom stereocenters. The van der Waals surface area contributed by atoms with Gasteiger partial charge in [-0.3, -0.25) is 0 Å². The van der Waals surface area contributed by atoms with Crippen LogP contribution >= 0.6 is 0 Å². The van der Waals surface area contributed by atoms with Crippen LogP contribution in [0.1, 0.15) is 0 Å². The molecule has 0 amide bonds. The van der Waals surface area contributed by atoms with Crippen LogP contribution in [0.5, 0.6) is 0 Å². The second-order valence-corrected chi connectivity index (χ2v) is 6.70. The summed E-state index contributed by atoms with van der Waals surface area (Å²) in [7, 11) is 0. The predicted molar refractivity (Wildman–Crippen MR) is 112 cm³/mol. The molecule has 5 aromatic rings. The van der Waals surface area contributed by atoms with E-state index in [9.17, 15) is 0 Å². The molecule has 0 aromatic heterocycles. The van der Waals surface area contributed by atoms with Gasteiger partial charge in [0.05, 0.1) is 0 Å². The van der Waals surface area contributed by atoms with Crippen molar-refractivity contribution in [1.82, 2.24) is 0 Å². The van der Waals surface area contributed by atoms with Crippen LogP contribution in [0.3, 0.4) is 0 Å². The number of fused-ring (bicyclic) bond motifs is 2. The van der Waals surface area contributed by atoms with Crippen molar-refractivity contribution in [3.8, 4) is 22.3 Å². The highest BCUT2D eigenvalue weighted by atomic mass is 14.1. The fourth-order valence-corrected chi connectivity index (χ4v) is 3.62. The van der Waals surface area contributed by atoms with E-state index in [1.54, 1.807) is 0 Å². The van der Waals surface area contributed by atoms with E-state index >= 15 is 0 Å². The molecule has 0 N–H and O–H groups in total. The summed E-state index contributed by atoms with van der Waals surface area (Å²) >= 11 is 0. The van der Waals surface area contributed by atoms with Gasteiger partial charge in [0.2, 0.25) is 0 Å². The molecule has 0 radical (unpaired) electrons. The van der Waals surface area contributed by atoms with Crippen LogP contribution in [-0.4, -0.2) is 0 Å². The lowest BCUT2D eigenvalue weighted by Gasteiger charge is -2.08. The number of rotatable bonds is 2. The molecule has 0 bridgehead atoms. The van der Waals surface area contributed by atoms with Gasteiger partial charge >= 0.3 is 0 Å². The molecule has 0 saturated carbocycles. The molecule has 5 rings (SSSR count).